The molecule has 0 saturated heterocycles. The molecule has 1 rings (SSSR count). The Labute approximate surface area is 93.9 Å². The van der Waals surface area contributed by atoms with E-state index in [9.17, 15) is 0 Å². The van der Waals surface area contributed by atoms with Gasteiger partial charge < -0.3 is 5.32 Å². The van der Waals surface area contributed by atoms with Crippen LogP contribution in [0.2, 0.25) is 0 Å². The lowest BCUT2D eigenvalue weighted by atomic mass is 9.91. The third kappa shape index (κ3) is 3.35. The quantitative estimate of drug-likeness (QED) is 0.773. The van der Waals surface area contributed by atoms with E-state index in [1.807, 2.05) is 0 Å². The summed E-state index contributed by atoms with van der Waals surface area (Å²) in [5.41, 5.74) is 2.77. The van der Waals surface area contributed by atoms with Crippen LogP contribution in [-0.4, -0.2) is 6.54 Å². The molecule has 0 spiro atoms. The fraction of sp³-hybridized carbons (Fsp3) is 0.571. The Balaban J connectivity index is 2.88. The normalized spacial score (nSPS) is 14.9. The molecule has 1 aromatic carbocycles. The third-order valence-corrected chi connectivity index (χ3v) is 3.04. The largest absolute Gasteiger partial charge is 0.310 e. The molecule has 0 aliphatic rings. The molecule has 15 heavy (non-hydrogen) atoms. The summed E-state index contributed by atoms with van der Waals surface area (Å²) in [6.45, 7) is 9.93. The van der Waals surface area contributed by atoms with Gasteiger partial charge in [0.1, 0.15) is 0 Å². The van der Waals surface area contributed by atoms with E-state index in [1.165, 1.54) is 17.5 Å². The van der Waals surface area contributed by atoms with Gasteiger partial charge in [-0.05, 0) is 24.9 Å². The molecule has 2 atom stereocenters. The first kappa shape index (κ1) is 12.3. The summed E-state index contributed by atoms with van der Waals surface area (Å²) in [5.74, 6) is 0.687. The zero-order valence-corrected chi connectivity index (χ0v) is 10.4. The lowest BCUT2D eigenvalue weighted by Crippen LogP contribution is -2.26. The maximum absolute atomic E-state index is 3.58. The van der Waals surface area contributed by atoms with Crippen molar-refractivity contribution >= 4 is 0 Å². The second-order valence-electron chi connectivity index (χ2n) is 4.34. The highest BCUT2D eigenvalue weighted by Crippen LogP contribution is 2.24. The van der Waals surface area contributed by atoms with Crippen molar-refractivity contribution in [2.75, 3.05) is 6.54 Å². The number of rotatable bonds is 5. The highest BCUT2D eigenvalue weighted by atomic mass is 14.9. The third-order valence-electron chi connectivity index (χ3n) is 3.04. The van der Waals surface area contributed by atoms with Crippen LogP contribution in [0.5, 0.6) is 0 Å². The topological polar surface area (TPSA) is 12.0 Å². The maximum atomic E-state index is 3.58. The fourth-order valence-electron chi connectivity index (χ4n) is 1.97. The molecule has 0 bridgehead atoms. The van der Waals surface area contributed by atoms with Crippen molar-refractivity contribution in [1.82, 2.24) is 5.32 Å². The van der Waals surface area contributed by atoms with Crippen LogP contribution in [0.4, 0.5) is 0 Å². The Morgan fingerprint density at radius 2 is 2.00 bits per heavy atom. The highest BCUT2D eigenvalue weighted by molar-refractivity contribution is 5.25. The number of aryl methyl sites for hydroxylation is 1. The van der Waals surface area contributed by atoms with Crippen molar-refractivity contribution in [3.8, 4) is 0 Å². The molecule has 84 valence electrons. The lowest BCUT2D eigenvalue weighted by molar-refractivity contribution is 0.384. The summed E-state index contributed by atoms with van der Waals surface area (Å²) in [7, 11) is 0. The molecule has 0 saturated carbocycles. The second-order valence-corrected chi connectivity index (χ2v) is 4.34. The first-order valence-corrected chi connectivity index (χ1v) is 5.99. The SMILES string of the molecule is CCNC(c1cccc(C)c1)C(C)CC. The van der Waals surface area contributed by atoms with E-state index in [0.29, 0.717) is 12.0 Å². The van der Waals surface area contributed by atoms with Gasteiger partial charge in [0.25, 0.3) is 0 Å². The molecule has 1 N–H and O–H groups in total. The average Bonchev–Trinajstić information content (AvgIpc) is 2.25. The summed E-state index contributed by atoms with van der Waals surface area (Å²) in [5, 5.41) is 3.58. The number of hydrogen-bond acceptors (Lipinski definition) is 1. The van der Waals surface area contributed by atoms with Gasteiger partial charge in [0.15, 0.2) is 0 Å². The van der Waals surface area contributed by atoms with Gasteiger partial charge in [-0.3, -0.25) is 0 Å². The van der Waals surface area contributed by atoms with Gasteiger partial charge in [0.05, 0.1) is 0 Å². The molecule has 0 heterocycles. The van der Waals surface area contributed by atoms with Crippen molar-refractivity contribution < 1.29 is 0 Å². The van der Waals surface area contributed by atoms with Crippen molar-refractivity contribution in [3.05, 3.63) is 35.4 Å². The van der Waals surface area contributed by atoms with Crippen molar-refractivity contribution in [3.63, 3.8) is 0 Å². The fourth-order valence-corrected chi connectivity index (χ4v) is 1.97. The van der Waals surface area contributed by atoms with Crippen molar-refractivity contribution in [2.45, 2.75) is 40.2 Å². The second kappa shape index (κ2) is 5.92. The molecule has 0 amide bonds. The number of nitrogens with one attached hydrogen (secondary N) is 1. The van der Waals surface area contributed by atoms with Crippen LogP contribution in [0.15, 0.2) is 24.3 Å². The Hall–Kier alpha value is -0.820. The Bertz CT molecular complexity index is 293. The van der Waals surface area contributed by atoms with Crippen LogP contribution in [0, 0.1) is 12.8 Å². The lowest BCUT2D eigenvalue weighted by Gasteiger charge is -2.24. The van der Waals surface area contributed by atoms with Crippen molar-refractivity contribution in [1.29, 1.82) is 0 Å². The monoisotopic (exact) mass is 205 g/mol. The van der Waals surface area contributed by atoms with Gasteiger partial charge in [-0.15, -0.1) is 0 Å². The predicted octanol–water partition coefficient (Wildman–Crippen LogP) is 3.69. The smallest absolute Gasteiger partial charge is 0.0345 e. The van der Waals surface area contributed by atoms with E-state index in [0.717, 1.165) is 6.54 Å². The first-order chi connectivity index (χ1) is 7.19. The summed E-state index contributed by atoms with van der Waals surface area (Å²) in [4.78, 5) is 0. The number of benzene rings is 1. The Morgan fingerprint density at radius 1 is 1.27 bits per heavy atom. The number of hydrogen-bond donors (Lipinski definition) is 1. The van der Waals surface area contributed by atoms with Gasteiger partial charge >= 0.3 is 0 Å². The van der Waals surface area contributed by atoms with Crippen LogP contribution < -0.4 is 5.32 Å². The molecular weight excluding hydrogens is 182 g/mol. The van der Waals surface area contributed by atoms with Crippen LogP contribution in [0.3, 0.4) is 0 Å². The molecular formula is C14H23N. The molecule has 1 aromatic rings. The predicted molar refractivity (Wildman–Crippen MR) is 67.1 cm³/mol. The standard InChI is InChI=1S/C14H23N/c1-5-12(4)14(15-6-2)13-9-7-8-11(3)10-13/h7-10,12,14-15H,5-6H2,1-4H3. The van der Waals surface area contributed by atoms with E-state index in [-0.39, 0.29) is 0 Å². The van der Waals surface area contributed by atoms with E-state index in [1.54, 1.807) is 0 Å². The highest BCUT2D eigenvalue weighted by Gasteiger charge is 2.16. The molecule has 1 heteroatoms. The van der Waals surface area contributed by atoms with Crippen LogP contribution >= 0.6 is 0 Å². The minimum Gasteiger partial charge on any atom is -0.310 e. The maximum Gasteiger partial charge on any atom is 0.0345 e. The molecule has 2 unspecified atom stereocenters. The first-order valence-electron chi connectivity index (χ1n) is 5.99. The van der Waals surface area contributed by atoms with Crippen LogP contribution in [-0.2, 0) is 0 Å². The summed E-state index contributed by atoms with van der Waals surface area (Å²) >= 11 is 0. The molecule has 0 fully saturated rings. The van der Waals surface area contributed by atoms with Gasteiger partial charge in [-0.2, -0.15) is 0 Å². The zero-order valence-electron chi connectivity index (χ0n) is 10.4. The molecule has 0 radical (unpaired) electrons. The van der Waals surface area contributed by atoms with Crippen LogP contribution in [0.1, 0.15) is 44.4 Å². The van der Waals surface area contributed by atoms with E-state index in [2.05, 4.69) is 57.3 Å². The summed E-state index contributed by atoms with van der Waals surface area (Å²) in [6.07, 6.45) is 1.21. The van der Waals surface area contributed by atoms with Crippen LogP contribution in [0.25, 0.3) is 0 Å². The summed E-state index contributed by atoms with van der Waals surface area (Å²) in [6, 6.07) is 9.33. The molecule has 1 nitrogen and oxygen atoms in total. The summed E-state index contributed by atoms with van der Waals surface area (Å²) < 4.78 is 0. The van der Waals surface area contributed by atoms with Gasteiger partial charge in [0.2, 0.25) is 0 Å². The average molecular weight is 205 g/mol. The van der Waals surface area contributed by atoms with E-state index in [4.69, 9.17) is 0 Å². The minimum absolute atomic E-state index is 0.500. The molecule has 0 aromatic heterocycles. The van der Waals surface area contributed by atoms with E-state index < -0.39 is 0 Å². The minimum atomic E-state index is 0.500. The Kier molecular flexibility index (Phi) is 4.83. The van der Waals surface area contributed by atoms with Gasteiger partial charge in [0, 0.05) is 6.04 Å². The van der Waals surface area contributed by atoms with Crippen molar-refractivity contribution in [2.24, 2.45) is 5.92 Å². The molecule has 0 aliphatic heterocycles. The van der Waals surface area contributed by atoms with Gasteiger partial charge in [-0.25, -0.2) is 0 Å². The Morgan fingerprint density at radius 3 is 2.53 bits per heavy atom. The molecule has 0 aliphatic carbocycles. The van der Waals surface area contributed by atoms with E-state index >= 15 is 0 Å². The van der Waals surface area contributed by atoms with Gasteiger partial charge in [-0.1, -0.05) is 57.0 Å². The zero-order chi connectivity index (χ0) is 11.3.